The molecule has 2 rings (SSSR count). The van der Waals surface area contributed by atoms with Crippen LogP contribution in [0.5, 0.6) is 0 Å². The van der Waals surface area contributed by atoms with Crippen LogP contribution in [-0.2, 0) is 6.54 Å². The van der Waals surface area contributed by atoms with Crippen molar-refractivity contribution in [3.63, 3.8) is 0 Å². The highest BCUT2D eigenvalue weighted by Crippen LogP contribution is 2.15. The van der Waals surface area contributed by atoms with Crippen LogP contribution in [0.25, 0.3) is 0 Å². The van der Waals surface area contributed by atoms with Gasteiger partial charge in [-0.05, 0) is 13.3 Å². The Morgan fingerprint density at radius 1 is 1.14 bits per heavy atom. The van der Waals surface area contributed by atoms with Crippen molar-refractivity contribution < 1.29 is 0 Å². The first-order chi connectivity index (χ1) is 10.1. The number of nitrogens with one attached hydrogen (secondary N) is 2. The zero-order valence-corrected chi connectivity index (χ0v) is 13.7. The predicted molar refractivity (Wildman–Crippen MR) is 87.1 cm³/mol. The fourth-order valence-electron chi connectivity index (χ4n) is 1.60. The van der Waals surface area contributed by atoms with E-state index in [9.17, 15) is 0 Å². The van der Waals surface area contributed by atoms with Gasteiger partial charge >= 0.3 is 0 Å². The molecule has 0 radical (unpaired) electrons. The van der Waals surface area contributed by atoms with Gasteiger partial charge in [0.1, 0.15) is 5.01 Å². The van der Waals surface area contributed by atoms with E-state index >= 15 is 0 Å². The molecule has 7 nitrogen and oxygen atoms in total. The minimum atomic E-state index is 0.556. The van der Waals surface area contributed by atoms with Gasteiger partial charge in [-0.25, -0.2) is 4.98 Å². The van der Waals surface area contributed by atoms with Crippen LogP contribution in [0.2, 0.25) is 0 Å². The number of hydrogen-bond donors (Lipinski definition) is 2. The fourth-order valence-corrected chi connectivity index (χ4v) is 2.32. The van der Waals surface area contributed by atoms with Crippen molar-refractivity contribution in [2.75, 3.05) is 36.2 Å². The van der Waals surface area contributed by atoms with E-state index in [0.29, 0.717) is 24.4 Å². The van der Waals surface area contributed by atoms with Crippen LogP contribution in [0.3, 0.4) is 0 Å². The van der Waals surface area contributed by atoms with Gasteiger partial charge in [0.15, 0.2) is 0 Å². The lowest BCUT2D eigenvalue weighted by atomic mass is 10.5. The van der Waals surface area contributed by atoms with Gasteiger partial charge in [-0.2, -0.15) is 15.0 Å². The number of aromatic nitrogens is 4. The molecule has 0 amide bonds. The molecule has 0 spiro atoms. The lowest BCUT2D eigenvalue weighted by molar-refractivity contribution is 0.909. The standard InChI is InChI=1S/C13H21N7S/c1-5-6-14-11-17-12(19-13(18-11)20(3)4)16-8-10-15-7-9(2)21-10/h7H,5-6,8H2,1-4H3,(H2,14,16,17,18,19). The Kier molecular flexibility index (Phi) is 5.26. The number of aryl methyl sites for hydroxylation is 1. The fraction of sp³-hybridized carbons (Fsp3) is 0.538. The first-order valence-electron chi connectivity index (χ1n) is 6.91. The summed E-state index contributed by atoms with van der Waals surface area (Å²) in [5.41, 5.74) is 0. The highest BCUT2D eigenvalue weighted by molar-refractivity contribution is 7.11. The Morgan fingerprint density at radius 2 is 1.86 bits per heavy atom. The molecule has 0 saturated carbocycles. The van der Waals surface area contributed by atoms with Gasteiger partial charge in [-0.1, -0.05) is 6.92 Å². The number of thiazole rings is 1. The van der Waals surface area contributed by atoms with Gasteiger partial charge in [0.25, 0.3) is 0 Å². The maximum atomic E-state index is 4.39. The van der Waals surface area contributed by atoms with Gasteiger partial charge in [-0.15, -0.1) is 11.3 Å². The van der Waals surface area contributed by atoms with E-state index in [2.05, 4.69) is 37.5 Å². The molecule has 0 saturated heterocycles. The zero-order chi connectivity index (χ0) is 15.2. The molecular formula is C13H21N7S. The Balaban J connectivity index is 2.11. The third-order valence-corrected chi connectivity index (χ3v) is 3.54. The largest absolute Gasteiger partial charge is 0.354 e. The summed E-state index contributed by atoms with van der Waals surface area (Å²) < 4.78 is 0. The average molecular weight is 307 g/mol. The van der Waals surface area contributed by atoms with Crippen molar-refractivity contribution in [2.24, 2.45) is 0 Å². The van der Waals surface area contributed by atoms with Gasteiger partial charge in [0, 0.05) is 31.7 Å². The van der Waals surface area contributed by atoms with E-state index in [0.717, 1.165) is 18.0 Å². The molecule has 0 aliphatic heterocycles. The average Bonchev–Trinajstić information content (AvgIpc) is 2.88. The second-order valence-corrected chi connectivity index (χ2v) is 6.14. The minimum absolute atomic E-state index is 0.556. The lowest BCUT2D eigenvalue weighted by Gasteiger charge is -2.13. The van der Waals surface area contributed by atoms with E-state index in [1.165, 1.54) is 4.88 Å². The van der Waals surface area contributed by atoms with Gasteiger partial charge in [0.05, 0.1) is 6.54 Å². The first-order valence-corrected chi connectivity index (χ1v) is 7.72. The molecule has 2 N–H and O–H groups in total. The topological polar surface area (TPSA) is 78.9 Å². The number of hydrogen-bond acceptors (Lipinski definition) is 8. The SMILES string of the molecule is CCCNc1nc(NCc2ncc(C)s2)nc(N(C)C)n1. The van der Waals surface area contributed by atoms with Crippen LogP contribution >= 0.6 is 11.3 Å². The molecule has 0 fully saturated rings. The zero-order valence-electron chi connectivity index (χ0n) is 12.8. The number of anilines is 3. The van der Waals surface area contributed by atoms with Crippen molar-refractivity contribution in [1.82, 2.24) is 19.9 Å². The van der Waals surface area contributed by atoms with Crippen LogP contribution in [0.4, 0.5) is 17.8 Å². The molecule has 0 bridgehead atoms. The molecule has 2 aromatic heterocycles. The molecule has 0 aliphatic rings. The number of nitrogens with zero attached hydrogens (tertiary/aromatic N) is 5. The van der Waals surface area contributed by atoms with Crippen molar-refractivity contribution >= 4 is 29.2 Å². The molecule has 0 aromatic carbocycles. The maximum Gasteiger partial charge on any atom is 0.231 e. The molecule has 0 aliphatic carbocycles. The summed E-state index contributed by atoms with van der Waals surface area (Å²) in [6.45, 7) is 5.59. The quantitative estimate of drug-likeness (QED) is 0.811. The van der Waals surface area contributed by atoms with E-state index in [4.69, 9.17) is 0 Å². The summed E-state index contributed by atoms with van der Waals surface area (Å²) in [6.07, 6.45) is 2.89. The van der Waals surface area contributed by atoms with Crippen molar-refractivity contribution in [3.05, 3.63) is 16.1 Å². The normalized spacial score (nSPS) is 10.5. The smallest absolute Gasteiger partial charge is 0.231 e. The first kappa shape index (κ1) is 15.4. The Bertz CT molecular complexity index is 582. The molecule has 21 heavy (non-hydrogen) atoms. The Morgan fingerprint density at radius 3 is 2.43 bits per heavy atom. The van der Waals surface area contributed by atoms with E-state index in [1.54, 1.807) is 11.3 Å². The molecule has 8 heteroatoms. The van der Waals surface area contributed by atoms with Crippen LogP contribution in [0, 0.1) is 6.92 Å². The van der Waals surface area contributed by atoms with E-state index in [1.807, 2.05) is 32.1 Å². The van der Waals surface area contributed by atoms with Gasteiger partial charge in [-0.3, -0.25) is 0 Å². The highest BCUT2D eigenvalue weighted by atomic mass is 32.1. The van der Waals surface area contributed by atoms with Crippen LogP contribution in [0.1, 0.15) is 23.2 Å². The molecule has 2 heterocycles. The summed E-state index contributed by atoms with van der Waals surface area (Å²) in [6, 6.07) is 0. The monoisotopic (exact) mass is 307 g/mol. The van der Waals surface area contributed by atoms with Gasteiger partial charge in [0.2, 0.25) is 17.8 Å². The Labute approximate surface area is 128 Å². The molecule has 0 unspecified atom stereocenters. The second kappa shape index (κ2) is 7.16. The maximum absolute atomic E-state index is 4.39. The summed E-state index contributed by atoms with van der Waals surface area (Å²) in [4.78, 5) is 20.5. The highest BCUT2D eigenvalue weighted by Gasteiger charge is 2.08. The van der Waals surface area contributed by atoms with Crippen LogP contribution in [-0.4, -0.2) is 40.6 Å². The van der Waals surface area contributed by atoms with Crippen molar-refractivity contribution in [2.45, 2.75) is 26.8 Å². The van der Waals surface area contributed by atoms with E-state index < -0.39 is 0 Å². The van der Waals surface area contributed by atoms with Crippen molar-refractivity contribution in [1.29, 1.82) is 0 Å². The van der Waals surface area contributed by atoms with Crippen molar-refractivity contribution in [3.8, 4) is 0 Å². The Hall–Kier alpha value is -1.96. The van der Waals surface area contributed by atoms with E-state index in [-0.39, 0.29) is 0 Å². The summed E-state index contributed by atoms with van der Waals surface area (Å²) in [5, 5.41) is 7.41. The third-order valence-electron chi connectivity index (χ3n) is 2.62. The summed E-state index contributed by atoms with van der Waals surface area (Å²) in [7, 11) is 3.82. The van der Waals surface area contributed by atoms with Crippen LogP contribution < -0.4 is 15.5 Å². The molecule has 114 valence electrons. The minimum Gasteiger partial charge on any atom is -0.354 e. The lowest BCUT2D eigenvalue weighted by Crippen LogP contribution is -2.17. The summed E-state index contributed by atoms with van der Waals surface area (Å²) >= 11 is 1.66. The van der Waals surface area contributed by atoms with Gasteiger partial charge < -0.3 is 15.5 Å². The number of rotatable bonds is 7. The third kappa shape index (κ3) is 4.52. The molecular weight excluding hydrogens is 286 g/mol. The molecule has 2 aromatic rings. The molecule has 0 atom stereocenters. The predicted octanol–water partition coefficient (Wildman–Crippen LogP) is 2.14. The van der Waals surface area contributed by atoms with Crippen LogP contribution in [0.15, 0.2) is 6.20 Å². The second-order valence-electron chi connectivity index (χ2n) is 4.82. The summed E-state index contributed by atoms with van der Waals surface area (Å²) in [5.74, 6) is 1.77.